The Bertz CT molecular complexity index is 488. The average Bonchev–Trinajstić information content (AvgIpc) is 2.92. The summed E-state index contributed by atoms with van der Waals surface area (Å²) in [4.78, 5) is 4.92. The zero-order valence-corrected chi connectivity index (χ0v) is 12.3. The SMILES string of the molecule is NC1CCN(C2CCN(Cc3ccc(O)c(F)c3)C2)CC1. The molecule has 0 radical (unpaired) electrons. The van der Waals surface area contributed by atoms with Crippen LogP contribution in [0, 0.1) is 5.82 Å². The highest BCUT2D eigenvalue weighted by molar-refractivity contribution is 5.28. The van der Waals surface area contributed by atoms with Crippen LogP contribution in [0.15, 0.2) is 18.2 Å². The van der Waals surface area contributed by atoms with Crippen LogP contribution >= 0.6 is 0 Å². The monoisotopic (exact) mass is 293 g/mol. The van der Waals surface area contributed by atoms with E-state index in [0.717, 1.165) is 51.1 Å². The van der Waals surface area contributed by atoms with Crippen molar-refractivity contribution < 1.29 is 9.50 Å². The standard InChI is InChI=1S/C16H24FN3O/c17-15-9-12(1-2-16(15)21)10-19-6-5-14(11-19)20-7-3-13(18)4-8-20/h1-2,9,13-14,21H,3-8,10-11,18H2. The molecule has 2 aliphatic rings. The summed E-state index contributed by atoms with van der Waals surface area (Å²) in [6, 6.07) is 5.65. The Balaban J connectivity index is 1.53. The van der Waals surface area contributed by atoms with E-state index in [2.05, 4.69) is 9.80 Å². The second kappa shape index (κ2) is 6.30. The van der Waals surface area contributed by atoms with Gasteiger partial charge in [-0.1, -0.05) is 6.07 Å². The van der Waals surface area contributed by atoms with Crippen molar-refractivity contribution in [1.29, 1.82) is 0 Å². The molecule has 1 atom stereocenters. The van der Waals surface area contributed by atoms with E-state index in [-0.39, 0.29) is 5.75 Å². The van der Waals surface area contributed by atoms with E-state index in [1.165, 1.54) is 18.6 Å². The molecule has 2 aliphatic heterocycles. The van der Waals surface area contributed by atoms with Gasteiger partial charge in [0.05, 0.1) is 0 Å². The molecule has 5 heteroatoms. The molecular weight excluding hydrogens is 269 g/mol. The van der Waals surface area contributed by atoms with E-state index in [4.69, 9.17) is 5.73 Å². The van der Waals surface area contributed by atoms with Crippen molar-refractivity contribution in [3.8, 4) is 5.75 Å². The van der Waals surface area contributed by atoms with Crippen LogP contribution in [0.2, 0.25) is 0 Å². The van der Waals surface area contributed by atoms with Gasteiger partial charge in [-0.3, -0.25) is 9.80 Å². The zero-order chi connectivity index (χ0) is 14.8. The Labute approximate surface area is 125 Å². The van der Waals surface area contributed by atoms with Crippen LogP contribution in [0.4, 0.5) is 4.39 Å². The molecule has 4 nitrogen and oxygen atoms in total. The highest BCUT2D eigenvalue weighted by atomic mass is 19.1. The van der Waals surface area contributed by atoms with Gasteiger partial charge in [0.15, 0.2) is 11.6 Å². The van der Waals surface area contributed by atoms with Crippen molar-refractivity contribution in [3.05, 3.63) is 29.6 Å². The minimum atomic E-state index is -0.534. The van der Waals surface area contributed by atoms with Gasteiger partial charge in [0.1, 0.15) is 0 Å². The van der Waals surface area contributed by atoms with E-state index in [0.29, 0.717) is 12.1 Å². The fourth-order valence-corrected chi connectivity index (χ4v) is 3.45. The highest BCUT2D eigenvalue weighted by Gasteiger charge is 2.29. The van der Waals surface area contributed by atoms with Gasteiger partial charge in [-0.25, -0.2) is 4.39 Å². The van der Waals surface area contributed by atoms with Gasteiger partial charge in [0.25, 0.3) is 0 Å². The lowest BCUT2D eigenvalue weighted by atomic mass is 10.0. The average molecular weight is 293 g/mol. The lowest BCUT2D eigenvalue weighted by Gasteiger charge is -2.34. The van der Waals surface area contributed by atoms with Gasteiger partial charge in [-0.05, 0) is 50.0 Å². The number of aromatic hydroxyl groups is 1. The number of benzene rings is 1. The molecule has 1 aromatic carbocycles. The van der Waals surface area contributed by atoms with E-state index < -0.39 is 5.82 Å². The second-order valence-corrected chi connectivity index (χ2v) is 6.34. The summed E-state index contributed by atoms with van der Waals surface area (Å²) in [6.45, 7) is 5.05. The number of phenolic OH excluding ortho intramolecular Hbond substituents is 1. The molecule has 0 bridgehead atoms. The highest BCUT2D eigenvalue weighted by Crippen LogP contribution is 2.23. The summed E-state index contributed by atoms with van der Waals surface area (Å²) < 4.78 is 13.4. The van der Waals surface area contributed by atoms with Crippen LogP contribution in [0.1, 0.15) is 24.8 Å². The van der Waals surface area contributed by atoms with Gasteiger partial charge in [0.2, 0.25) is 0 Å². The van der Waals surface area contributed by atoms with Crippen LogP contribution in [0.25, 0.3) is 0 Å². The van der Waals surface area contributed by atoms with Crippen molar-refractivity contribution in [2.45, 2.75) is 37.9 Å². The fraction of sp³-hybridized carbons (Fsp3) is 0.625. The number of halogens is 1. The van der Waals surface area contributed by atoms with E-state index in [9.17, 15) is 9.50 Å². The Morgan fingerprint density at radius 2 is 1.95 bits per heavy atom. The maximum atomic E-state index is 13.4. The van der Waals surface area contributed by atoms with Crippen LogP contribution < -0.4 is 5.73 Å². The van der Waals surface area contributed by atoms with Crippen LogP contribution in [0.5, 0.6) is 5.75 Å². The molecule has 3 N–H and O–H groups in total. The Morgan fingerprint density at radius 1 is 1.19 bits per heavy atom. The third-order valence-corrected chi connectivity index (χ3v) is 4.76. The maximum absolute atomic E-state index is 13.4. The van der Waals surface area contributed by atoms with Crippen LogP contribution in [-0.4, -0.2) is 53.2 Å². The summed E-state index contributed by atoms with van der Waals surface area (Å²) in [6.07, 6.45) is 3.37. The molecule has 0 spiro atoms. The first-order chi connectivity index (χ1) is 10.1. The minimum Gasteiger partial charge on any atom is -0.505 e. The van der Waals surface area contributed by atoms with Crippen molar-refractivity contribution in [2.24, 2.45) is 5.73 Å². The molecule has 3 rings (SSSR count). The minimum absolute atomic E-state index is 0.275. The number of phenols is 1. The molecule has 0 aliphatic carbocycles. The van der Waals surface area contributed by atoms with Gasteiger partial charge in [-0.15, -0.1) is 0 Å². The molecule has 0 amide bonds. The summed E-state index contributed by atoms with van der Waals surface area (Å²) in [5, 5.41) is 9.23. The van der Waals surface area contributed by atoms with E-state index in [1.807, 2.05) is 0 Å². The maximum Gasteiger partial charge on any atom is 0.165 e. The lowest BCUT2D eigenvalue weighted by molar-refractivity contribution is 0.151. The largest absolute Gasteiger partial charge is 0.505 e. The quantitative estimate of drug-likeness (QED) is 0.887. The molecule has 21 heavy (non-hydrogen) atoms. The van der Waals surface area contributed by atoms with Crippen molar-refractivity contribution in [3.63, 3.8) is 0 Å². The number of rotatable bonds is 3. The topological polar surface area (TPSA) is 52.7 Å². The molecular formula is C16H24FN3O. The lowest BCUT2D eigenvalue weighted by Crippen LogP contribution is -2.46. The van der Waals surface area contributed by atoms with Crippen molar-refractivity contribution in [1.82, 2.24) is 9.80 Å². The Morgan fingerprint density at radius 3 is 2.67 bits per heavy atom. The normalized spacial score (nSPS) is 25.5. The number of likely N-dealkylation sites (tertiary alicyclic amines) is 2. The molecule has 116 valence electrons. The molecule has 2 fully saturated rings. The fourth-order valence-electron chi connectivity index (χ4n) is 3.45. The van der Waals surface area contributed by atoms with Crippen LogP contribution in [0.3, 0.4) is 0 Å². The van der Waals surface area contributed by atoms with Gasteiger partial charge in [-0.2, -0.15) is 0 Å². The molecule has 1 unspecified atom stereocenters. The van der Waals surface area contributed by atoms with E-state index in [1.54, 1.807) is 6.07 Å². The van der Waals surface area contributed by atoms with Crippen molar-refractivity contribution in [2.75, 3.05) is 26.2 Å². The summed E-state index contributed by atoms with van der Waals surface area (Å²) in [5.41, 5.74) is 6.88. The van der Waals surface area contributed by atoms with Crippen molar-refractivity contribution >= 4 is 0 Å². The number of nitrogens with two attached hydrogens (primary N) is 1. The van der Waals surface area contributed by atoms with Gasteiger partial charge in [0, 0.05) is 31.7 Å². The Kier molecular flexibility index (Phi) is 4.42. The first-order valence-corrected chi connectivity index (χ1v) is 7.81. The molecule has 1 aromatic rings. The predicted molar refractivity (Wildman–Crippen MR) is 80.5 cm³/mol. The van der Waals surface area contributed by atoms with Crippen LogP contribution in [-0.2, 0) is 6.54 Å². The second-order valence-electron chi connectivity index (χ2n) is 6.34. The smallest absolute Gasteiger partial charge is 0.165 e. The summed E-state index contributed by atoms with van der Waals surface area (Å²) >= 11 is 0. The molecule has 2 heterocycles. The third kappa shape index (κ3) is 3.54. The first-order valence-electron chi connectivity index (χ1n) is 7.81. The number of hydrogen-bond donors (Lipinski definition) is 2. The molecule has 0 saturated carbocycles. The van der Waals surface area contributed by atoms with E-state index >= 15 is 0 Å². The third-order valence-electron chi connectivity index (χ3n) is 4.76. The van der Waals surface area contributed by atoms with Gasteiger partial charge >= 0.3 is 0 Å². The summed E-state index contributed by atoms with van der Waals surface area (Å²) in [7, 11) is 0. The number of nitrogens with zero attached hydrogens (tertiary/aromatic N) is 2. The molecule has 0 aromatic heterocycles. The zero-order valence-electron chi connectivity index (χ0n) is 12.3. The van der Waals surface area contributed by atoms with Gasteiger partial charge < -0.3 is 10.8 Å². The Hall–Kier alpha value is -1.17. The predicted octanol–water partition coefficient (Wildman–Crippen LogP) is 1.53. The number of hydrogen-bond acceptors (Lipinski definition) is 4. The first kappa shape index (κ1) is 14.8. The molecule has 2 saturated heterocycles. The summed E-state index contributed by atoms with van der Waals surface area (Å²) in [5.74, 6) is -0.809. The number of piperidine rings is 1.